The lowest BCUT2D eigenvalue weighted by Gasteiger charge is -2.13. The number of aromatic nitrogens is 2. The van der Waals surface area contributed by atoms with Crippen LogP contribution < -0.4 is 20.5 Å². The molecule has 8 heteroatoms. The predicted octanol–water partition coefficient (Wildman–Crippen LogP) is 3.69. The highest BCUT2D eigenvalue weighted by Crippen LogP contribution is 2.27. The van der Waals surface area contributed by atoms with Gasteiger partial charge in [-0.15, -0.1) is 0 Å². The van der Waals surface area contributed by atoms with E-state index in [0.29, 0.717) is 28.1 Å². The number of anilines is 1. The van der Waals surface area contributed by atoms with Crippen LogP contribution in [0.4, 0.5) is 5.69 Å². The summed E-state index contributed by atoms with van der Waals surface area (Å²) >= 11 is 0. The molecule has 4 rings (SSSR count). The summed E-state index contributed by atoms with van der Waals surface area (Å²) in [6, 6.07) is 23.9. The number of hydrogen-bond donors (Lipinski definition) is 2. The summed E-state index contributed by atoms with van der Waals surface area (Å²) in [5.41, 5.74) is 8.60. The largest absolute Gasteiger partial charge is 0.497 e. The summed E-state index contributed by atoms with van der Waals surface area (Å²) in [4.78, 5) is 27.7. The quantitative estimate of drug-likeness (QED) is 0.433. The van der Waals surface area contributed by atoms with Crippen molar-refractivity contribution in [2.24, 2.45) is 0 Å². The maximum absolute atomic E-state index is 13.1. The second-order valence-corrected chi connectivity index (χ2v) is 7.76. The van der Waals surface area contributed by atoms with Gasteiger partial charge in [0.05, 0.1) is 18.4 Å². The van der Waals surface area contributed by atoms with Crippen molar-refractivity contribution >= 4 is 17.5 Å². The smallest absolute Gasteiger partial charge is 0.273 e. The van der Waals surface area contributed by atoms with Gasteiger partial charge in [0.1, 0.15) is 11.4 Å². The molecule has 0 aliphatic rings. The van der Waals surface area contributed by atoms with Gasteiger partial charge in [0.15, 0.2) is 0 Å². The topological polar surface area (TPSA) is 88.5 Å². The van der Waals surface area contributed by atoms with Crippen molar-refractivity contribution in [3.63, 3.8) is 0 Å². The van der Waals surface area contributed by atoms with Crippen LogP contribution in [0, 0.1) is 0 Å². The highest BCUT2D eigenvalue weighted by atomic mass is 16.5. The van der Waals surface area contributed by atoms with E-state index >= 15 is 0 Å². The van der Waals surface area contributed by atoms with E-state index < -0.39 is 11.8 Å². The van der Waals surface area contributed by atoms with Crippen molar-refractivity contribution in [3.8, 4) is 22.7 Å². The molecular formula is C26H25N5O3. The Kier molecular flexibility index (Phi) is 6.59. The first kappa shape index (κ1) is 22.6. The number of ether oxygens (including phenoxy) is 1. The number of methoxy groups -OCH3 is 1. The standard InChI is InChI=1S/C26H25N5O3/c1-30(2)21-13-7-10-19(15-21)25(32)27-28-26(33)23-17-31(20-11-5-4-6-12-20)29-24(23)18-9-8-14-22(16-18)34-3/h4-17H,1-3H3,(H,27,32)(H,28,33). The fourth-order valence-electron chi connectivity index (χ4n) is 3.42. The van der Waals surface area contributed by atoms with Crippen LogP contribution in [-0.4, -0.2) is 42.8 Å². The predicted molar refractivity (Wildman–Crippen MR) is 131 cm³/mol. The van der Waals surface area contributed by atoms with E-state index in [1.54, 1.807) is 42.3 Å². The first-order valence-corrected chi connectivity index (χ1v) is 10.6. The summed E-state index contributed by atoms with van der Waals surface area (Å²) in [6.45, 7) is 0. The van der Waals surface area contributed by atoms with Crippen molar-refractivity contribution in [3.05, 3.63) is 96.2 Å². The van der Waals surface area contributed by atoms with E-state index in [4.69, 9.17) is 4.74 Å². The van der Waals surface area contributed by atoms with Gasteiger partial charge in [0.2, 0.25) is 0 Å². The van der Waals surface area contributed by atoms with Crippen LogP contribution in [0.15, 0.2) is 85.1 Å². The molecular weight excluding hydrogens is 430 g/mol. The Bertz CT molecular complexity index is 1320. The third kappa shape index (κ3) is 4.91. The molecule has 0 unspecified atom stereocenters. The molecule has 0 radical (unpaired) electrons. The minimum atomic E-state index is -0.489. The Balaban J connectivity index is 1.61. The molecule has 0 bridgehead atoms. The second-order valence-electron chi connectivity index (χ2n) is 7.76. The summed E-state index contributed by atoms with van der Waals surface area (Å²) in [5, 5.41) is 4.65. The summed E-state index contributed by atoms with van der Waals surface area (Å²) in [6.07, 6.45) is 1.64. The molecule has 2 amide bonds. The van der Waals surface area contributed by atoms with E-state index in [9.17, 15) is 9.59 Å². The Morgan fingerprint density at radius 1 is 0.882 bits per heavy atom. The first-order valence-electron chi connectivity index (χ1n) is 10.6. The number of benzene rings is 3. The number of hydrogen-bond acceptors (Lipinski definition) is 5. The average molecular weight is 456 g/mol. The number of carbonyl (C=O) groups is 2. The van der Waals surface area contributed by atoms with Crippen LogP contribution in [0.3, 0.4) is 0 Å². The zero-order valence-electron chi connectivity index (χ0n) is 19.1. The third-order valence-corrected chi connectivity index (χ3v) is 5.24. The van der Waals surface area contributed by atoms with Crippen LogP contribution in [0.1, 0.15) is 20.7 Å². The second kappa shape index (κ2) is 9.91. The Morgan fingerprint density at radius 3 is 2.35 bits per heavy atom. The van der Waals surface area contributed by atoms with Gasteiger partial charge < -0.3 is 9.64 Å². The molecule has 0 atom stereocenters. The molecule has 0 aliphatic carbocycles. The molecule has 172 valence electrons. The van der Waals surface area contributed by atoms with Gasteiger partial charge in [-0.25, -0.2) is 4.68 Å². The molecule has 4 aromatic rings. The zero-order chi connectivity index (χ0) is 24.1. The molecule has 2 N–H and O–H groups in total. The van der Waals surface area contributed by atoms with Crippen LogP contribution >= 0.6 is 0 Å². The number of amides is 2. The Labute approximate surface area is 197 Å². The average Bonchev–Trinajstić information content (AvgIpc) is 3.33. The van der Waals surface area contributed by atoms with Crippen LogP contribution in [0.2, 0.25) is 0 Å². The lowest BCUT2D eigenvalue weighted by Crippen LogP contribution is -2.41. The summed E-state index contributed by atoms with van der Waals surface area (Å²) in [7, 11) is 5.36. The molecule has 3 aromatic carbocycles. The first-order chi connectivity index (χ1) is 16.5. The minimum absolute atomic E-state index is 0.305. The zero-order valence-corrected chi connectivity index (χ0v) is 19.1. The highest BCUT2D eigenvalue weighted by molar-refractivity contribution is 6.02. The van der Waals surface area contributed by atoms with Crippen molar-refractivity contribution in [2.45, 2.75) is 0 Å². The fraction of sp³-hybridized carbons (Fsp3) is 0.115. The van der Waals surface area contributed by atoms with Gasteiger partial charge in [-0.2, -0.15) is 5.10 Å². The maximum Gasteiger partial charge on any atom is 0.273 e. The number of rotatable bonds is 6. The van der Waals surface area contributed by atoms with Gasteiger partial charge in [-0.05, 0) is 42.5 Å². The maximum atomic E-state index is 13.1. The normalized spacial score (nSPS) is 10.4. The van der Waals surface area contributed by atoms with E-state index in [-0.39, 0.29) is 0 Å². The number of hydrazine groups is 1. The van der Waals surface area contributed by atoms with Gasteiger partial charge in [0.25, 0.3) is 11.8 Å². The molecule has 1 heterocycles. The SMILES string of the molecule is COc1cccc(-c2nn(-c3ccccc3)cc2C(=O)NNC(=O)c2cccc(N(C)C)c2)c1. The van der Waals surface area contributed by atoms with E-state index in [1.165, 1.54) is 0 Å². The van der Waals surface area contributed by atoms with E-state index in [1.807, 2.05) is 73.6 Å². The van der Waals surface area contributed by atoms with Gasteiger partial charge in [-0.1, -0.05) is 36.4 Å². The third-order valence-electron chi connectivity index (χ3n) is 5.24. The monoisotopic (exact) mass is 455 g/mol. The lowest BCUT2D eigenvalue weighted by molar-refractivity contribution is 0.0847. The number of carbonyl (C=O) groups excluding carboxylic acids is 2. The molecule has 0 fully saturated rings. The van der Waals surface area contributed by atoms with Crippen LogP contribution in [0.25, 0.3) is 16.9 Å². The molecule has 0 saturated carbocycles. The number of nitrogens with one attached hydrogen (secondary N) is 2. The Hall–Kier alpha value is -4.59. The van der Waals surface area contributed by atoms with Crippen molar-refractivity contribution in [1.29, 1.82) is 0 Å². The van der Waals surface area contributed by atoms with E-state index in [0.717, 1.165) is 11.4 Å². The van der Waals surface area contributed by atoms with Crippen LogP contribution in [-0.2, 0) is 0 Å². The fourth-order valence-corrected chi connectivity index (χ4v) is 3.42. The molecule has 34 heavy (non-hydrogen) atoms. The number of nitrogens with zero attached hydrogens (tertiary/aromatic N) is 3. The van der Waals surface area contributed by atoms with Crippen molar-refractivity contribution in [1.82, 2.24) is 20.6 Å². The van der Waals surface area contributed by atoms with Crippen LogP contribution in [0.5, 0.6) is 5.75 Å². The van der Waals surface area contributed by atoms with Crippen molar-refractivity contribution < 1.29 is 14.3 Å². The minimum Gasteiger partial charge on any atom is -0.497 e. The van der Waals surface area contributed by atoms with E-state index in [2.05, 4.69) is 16.0 Å². The lowest BCUT2D eigenvalue weighted by atomic mass is 10.1. The van der Waals surface area contributed by atoms with Gasteiger partial charge in [-0.3, -0.25) is 20.4 Å². The van der Waals surface area contributed by atoms with Crippen molar-refractivity contribution in [2.75, 3.05) is 26.1 Å². The molecule has 0 spiro atoms. The molecule has 1 aromatic heterocycles. The highest BCUT2D eigenvalue weighted by Gasteiger charge is 2.20. The molecule has 0 saturated heterocycles. The summed E-state index contributed by atoms with van der Waals surface area (Å²) in [5.74, 6) is -0.264. The number of para-hydroxylation sites is 1. The van der Waals surface area contributed by atoms with Gasteiger partial charge >= 0.3 is 0 Å². The summed E-state index contributed by atoms with van der Waals surface area (Å²) < 4.78 is 6.96. The molecule has 0 aliphatic heterocycles. The Morgan fingerprint density at radius 2 is 1.62 bits per heavy atom. The van der Waals surface area contributed by atoms with Gasteiger partial charge in [0, 0.05) is 37.1 Å². The molecule has 8 nitrogen and oxygen atoms in total.